The topological polar surface area (TPSA) is 54.6 Å². The van der Waals surface area contributed by atoms with Gasteiger partial charge >= 0.3 is 5.97 Å². The van der Waals surface area contributed by atoms with Crippen molar-refractivity contribution in [2.45, 2.75) is 0 Å². The summed E-state index contributed by atoms with van der Waals surface area (Å²) < 4.78 is 1.82. The summed E-state index contributed by atoms with van der Waals surface area (Å²) in [6, 6.07) is 15.8. The van der Waals surface area contributed by atoms with Gasteiger partial charge in [0, 0.05) is 23.4 Å². The first-order chi connectivity index (χ1) is 10.8. The Balaban J connectivity index is 2.11. The predicted octanol–water partition coefficient (Wildman–Crippen LogP) is 3.66. The molecule has 2 aromatic heterocycles. The first-order valence-electron chi connectivity index (χ1n) is 6.86. The third kappa shape index (κ3) is 2.81. The molecule has 4 nitrogen and oxygen atoms in total. The molecule has 4 heteroatoms. The van der Waals surface area contributed by atoms with Gasteiger partial charge < -0.3 is 5.11 Å². The molecular formula is C18H14N2O2. The molecule has 0 atom stereocenters. The zero-order valence-corrected chi connectivity index (χ0v) is 11.8. The van der Waals surface area contributed by atoms with E-state index in [9.17, 15) is 4.79 Å². The van der Waals surface area contributed by atoms with Crippen LogP contribution in [0.2, 0.25) is 0 Å². The average Bonchev–Trinajstić information content (AvgIpc) is 2.91. The van der Waals surface area contributed by atoms with Crippen molar-refractivity contribution in [3.63, 3.8) is 0 Å². The van der Waals surface area contributed by atoms with Gasteiger partial charge in [-0.05, 0) is 12.1 Å². The lowest BCUT2D eigenvalue weighted by Gasteiger charge is -1.97. The predicted molar refractivity (Wildman–Crippen MR) is 86.4 cm³/mol. The molecule has 108 valence electrons. The summed E-state index contributed by atoms with van der Waals surface area (Å²) >= 11 is 0. The van der Waals surface area contributed by atoms with Gasteiger partial charge in [0.15, 0.2) is 0 Å². The first-order valence-corrected chi connectivity index (χ1v) is 6.86. The maximum absolute atomic E-state index is 10.5. The molecule has 1 N–H and O–H groups in total. The number of hydrogen-bond acceptors (Lipinski definition) is 2. The highest BCUT2D eigenvalue weighted by Crippen LogP contribution is 2.27. The quantitative estimate of drug-likeness (QED) is 0.589. The molecule has 0 fully saturated rings. The van der Waals surface area contributed by atoms with Crippen LogP contribution in [-0.4, -0.2) is 20.7 Å². The third-order valence-electron chi connectivity index (χ3n) is 3.24. The number of fused-ring (bicyclic) bond motifs is 1. The van der Waals surface area contributed by atoms with E-state index in [1.54, 1.807) is 6.08 Å². The first kappa shape index (κ1) is 13.8. The van der Waals surface area contributed by atoms with Gasteiger partial charge in [0.25, 0.3) is 0 Å². The largest absolute Gasteiger partial charge is 0.478 e. The molecule has 0 radical (unpaired) electrons. The van der Waals surface area contributed by atoms with Gasteiger partial charge in [-0.3, -0.25) is 0 Å². The van der Waals surface area contributed by atoms with Gasteiger partial charge in [0.1, 0.15) is 5.69 Å². The SMILES string of the molecule is O=C(O)/C=C/C=C/c1c(-c2ccccc2)nn2ccccc12. The van der Waals surface area contributed by atoms with Crippen molar-refractivity contribution in [1.29, 1.82) is 0 Å². The number of carboxylic acid groups (broad SMARTS) is 1. The van der Waals surface area contributed by atoms with Crippen molar-refractivity contribution in [1.82, 2.24) is 9.61 Å². The lowest BCUT2D eigenvalue weighted by atomic mass is 10.1. The number of allylic oxidation sites excluding steroid dienone is 2. The molecule has 0 spiro atoms. The van der Waals surface area contributed by atoms with Crippen LogP contribution in [0.25, 0.3) is 22.9 Å². The summed E-state index contributed by atoms with van der Waals surface area (Å²) in [6.45, 7) is 0. The van der Waals surface area contributed by atoms with Crippen molar-refractivity contribution in [3.05, 3.63) is 78.5 Å². The van der Waals surface area contributed by atoms with E-state index in [1.807, 2.05) is 65.3 Å². The van der Waals surface area contributed by atoms with Crippen molar-refractivity contribution in [2.75, 3.05) is 0 Å². The zero-order chi connectivity index (χ0) is 15.4. The Kier molecular flexibility index (Phi) is 3.83. The Morgan fingerprint density at radius 3 is 2.59 bits per heavy atom. The number of carboxylic acids is 1. The second-order valence-corrected chi connectivity index (χ2v) is 4.72. The molecular weight excluding hydrogens is 276 g/mol. The Labute approximate surface area is 127 Å². The molecule has 1 aromatic carbocycles. The lowest BCUT2D eigenvalue weighted by Crippen LogP contribution is -1.84. The van der Waals surface area contributed by atoms with E-state index in [0.29, 0.717) is 0 Å². The fourth-order valence-corrected chi connectivity index (χ4v) is 2.28. The van der Waals surface area contributed by atoms with Crippen molar-refractivity contribution >= 4 is 17.6 Å². The van der Waals surface area contributed by atoms with Gasteiger partial charge in [0.2, 0.25) is 0 Å². The summed E-state index contributed by atoms with van der Waals surface area (Å²) in [5.74, 6) is -0.965. The van der Waals surface area contributed by atoms with Gasteiger partial charge in [-0.2, -0.15) is 5.10 Å². The molecule has 3 rings (SSSR count). The zero-order valence-electron chi connectivity index (χ0n) is 11.8. The number of nitrogens with zero attached hydrogens (tertiary/aromatic N) is 2. The fraction of sp³-hybridized carbons (Fsp3) is 0. The van der Waals surface area contributed by atoms with Crippen LogP contribution >= 0.6 is 0 Å². The number of benzene rings is 1. The van der Waals surface area contributed by atoms with Crippen LogP contribution in [0.5, 0.6) is 0 Å². The minimum Gasteiger partial charge on any atom is -0.478 e. The van der Waals surface area contributed by atoms with Crippen LogP contribution < -0.4 is 0 Å². The van der Waals surface area contributed by atoms with Crippen molar-refractivity contribution in [3.8, 4) is 11.3 Å². The van der Waals surface area contributed by atoms with E-state index in [-0.39, 0.29) is 0 Å². The van der Waals surface area contributed by atoms with Gasteiger partial charge in [-0.25, -0.2) is 9.31 Å². The second-order valence-electron chi connectivity index (χ2n) is 4.72. The Morgan fingerprint density at radius 2 is 1.82 bits per heavy atom. The molecule has 22 heavy (non-hydrogen) atoms. The number of carbonyl (C=O) groups is 1. The van der Waals surface area contributed by atoms with Gasteiger partial charge in [-0.15, -0.1) is 0 Å². The number of rotatable bonds is 4. The van der Waals surface area contributed by atoms with Gasteiger partial charge in [-0.1, -0.05) is 54.6 Å². The number of aliphatic carboxylic acids is 1. The lowest BCUT2D eigenvalue weighted by molar-refractivity contribution is -0.131. The molecule has 0 aliphatic heterocycles. The number of aromatic nitrogens is 2. The van der Waals surface area contributed by atoms with E-state index in [4.69, 9.17) is 5.11 Å². The van der Waals surface area contributed by atoms with E-state index in [0.717, 1.165) is 28.4 Å². The highest BCUT2D eigenvalue weighted by Gasteiger charge is 2.11. The molecule has 0 saturated carbocycles. The van der Waals surface area contributed by atoms with Crippen LogP contribution in [0.15, 0.2) is 73.0 Å². The molecule has 0 aliphatic rings. The summed E-state index contributed by atoms with van der Waals surface area (Å²) in [5.41, 5.74) is 3.82. The number of hydrogen-bond donors (Lipinski definition) is 1. The Morgan fingerprint density at radius 1 is 1.05 bits per heavy atom. The second kappa shape index (κ2) is 6.10. The van der Waals surface area contributed by atoms with Crippen LogP contribution in [-0.2, 0) is 4.79 Å². The summed E-state index contributed by atoms with van der Waals surface area (Å²) in [4.78, 5) is 10.5. The maximum atomic E-state index is 10.5. The van der Waals surface area contributed by atoms with Crippen LogP contribution in [0.1, 0.15) is 5.56 Å². The summed E-state index contributed by atoms with van der Waals surface area (Å²) in [5, 5.41) is 13.3. The average molecular weight is 290 g/mol. The Bertz CT molecular complexity index is 861. The third-order valence-corrected chi connectivity index (χ3v) is 3.24. The molecule has 0 amide bonds. The standard InChI is InChI=1S/C18H14N2O2/c21-17(22)12-5-4-10-15-16-11-6-7-13-20(16)19-18(15)14-8-2-1-3-9-14/h1-13H,(H,21,22)/b10-4+,12-5+. The minimum atomic E-state index is -0.965. The van der Waals surface area contributed by atoms with E-state index in [1.165, 1.54) is 6.08 Å². The molecule has 0 aliphatic carbocycles. The smallest absolute Gasteiger partial charge is 0.328 e. The summed E-state index contributed by atoms with van der Waals surface area (Å²) in [7, 11) is 0. The van der Waals surface area contributed by atoms with Crippen LogP contribution in [0.4, 0.5) is 0 Å². The minimum absolute atomic E-state index is 0.867. The molecule has 3 aromatic rings. The molecule has 2 heterocycles. The van der Waals surface area contributed by atoms with Crippen molar-refractivity contribution in [2.24, 2.45) is 0 Å². The monoisotopic (exact) mass is 290 g/mol. The summed E-state index contributed by atoms with van der Waals surface area (Å²) in [6.07, 6.45) is 8.09. The normalized spacial score (nSPS) is 11.6. The van der Waals surface area contributed by atoms with E-state index >= 15 is 0 Å². The Hall–Kier alpha value is -3.14. The van der Waals surface area contributed by atoms with Crippen LogP contribution in [0.3, 0.4) is 0 Å². The maximum Gasteiger partial charge on any atom is 0.328 e. The van der Waals surface area contributed by atoms with Crippen LogP contribution in [0, 0.1) is 0 Å². The highest BCUT2D eigenvalue weighted by molar-refractivity contribution is 5.84. The highest BCUT2D eigenvalue weighted by atomic mass is 16.4. The van der Waals surface area contributed by atoms with E-state index in [2.05, 4.69) is 5.10 Å². The van der Waals surface area contributed by atoms with Gasteiger partial charge in [0.05, 0.1) is 5.52 Å². The molecule has 0 unspecified atom stereocenters. The fourth-order valence-electron chi connectivity index (χ4n) is 2.28. The van der Waals surface area contributed by atoms with Crippen molar-refractivity contribution < 1.29 is 9.90 Å². The molecule has 0 bridgehead atoms. The van der Waals surface area contributed by atoms with E-state index < -0.39 is 5.97 Å². The molecule has 0 saturated heterocycles. The number of pyridine rings is 1.